The molecule has 2 aromatic rings. The summed E-state index contributed by atoms with van der Waals surface area (Å²) in [5.41, 5.74) is 0.636. The summed E-state index contributed by atoms with van der Waals surface area (Å²) in [4.78, 5) is 18.1. The number of hydrogen-bond donors (Lipinski definition) is 0. The first-order valence-corrected chi connectivity index (χ1v) is 7.13. The van der Waals surface area contributed by atoms with Gasteiger partial charge < -0.3 is 14.4 Å². The molecule has 0 aliphatic carbocycles. The predicted molar refractivity (Wildman–Crippen MR) is 75.4 cm³/mol. The van der Waals surface area contributed by atoms with E-state index in [2.05, 4.69) is 4.98 Å². The van der Waals surface area contributed by atoms with Crippen molar-refractivity contribution < 1.29 is 14.3 Å². The van der Waals surface area contributed by atoms with Gasteiger partial charge in [0, 0.05) is 17.1 Å². The lowest BCUT2D eigenvalue weighted by Gasteiger charge is -2.38. The number of amides is 1. The van der Waals surface area contributed by atoms with E-state index in [1.165, 1.54) is 11.3 Å². The maximum atomic E-state index is 12.2. The number of aromatic nitrogens is 1. The Hall–Kier alpha value is -2.08. The summed E-state index contributed by atoms with van der Waals surface area (Å²) in [6, 6.07) is 7.17. The molecule has 5 nitrogen and oxygen atoms in total. The van der Waals surface area contributed by atoms with Crippen LogP contribution in [0.3, 0.4) is 0 Å². The van der Waals surface area contributed by atoms with Crippen LogP contribution in [0.15, 0.2) is 35.8 Å². The molecule has 3 rings (SSSR count). The molecule has 1 aromatic heterocycles. The van der Waals surface area contributed by atoms with Crippen molar-refractivity contribution in [3.05, 3.63) is 41.4 Å². The molecule has 0 saturated carbocycles. The fraction of sp³-hybridized carbons (Fsp3) is 0.286. The molecule has 2 heterocycles. The van der Waals surface area contributed by atoms with Gasteiger partial charge >= 0.3 is 0 Å². The Bertz CT molecular complexity index is 594. The second kappa shape index (κ2) is 5.50. The highest BCUT2D eigenvalue weighted by molar-refractivity contribution is 7.11. The van der Waals surface area contributed by atoms with Gasteiger partial charge in [-0.1, -0.05) is 17.4 Å². The molecule has 0 N–H and O–H groups in total. The minimum atomic E-state index is 0.00267. The molecule has 0 atom stereocenters. The number of thiazole rings is 1. The molecule has 0 radical (unpaired) electrons. The Balaban J connectivity index is 1.57. The largest absolute Gasteiger partial charge is 0.497 e. The molecule has 1 amide bonds. The molecular formula is C14H14N2O3S. The lowest BCUT2D eigenvalue weighted by atomic mass is 10.1. The van der Waals surface area contributed by atoms with Crippen LogP contribution in [-0.4, -0.2) is 42.1 Å². The van der Waals surface area contributed by atoms with Crippen LogP contribution in [0.5, 0.6) is 10.9 Å². The summed E-state index contributed by atoms with van der Waals surface area (Å²) >= 11 is 1.46. The fourth-order valence-corrected chi connectivity index (χ4v) is 2.58. The molecule has 1 saturated heterocycles. The third-order valence-electron chi connectivity index (χ3n) is 3.13. The van der Waals surface area contributed by atoms with E-state index < -0.39 is 0 Å². The van der Waals surface area contributed by atoms with Gasteiger partial charge in [0.25, 0.3) is 11.1 Å². The standard InChI is InChI=1S/C14H14N2O3S/c1-18-11-4-2-3-10(7-11)13(17)16-8-12(9-16)19-14-15-5-6-20-14/h2-7,12H,8-9H2,1H3. The Morgan fingerprint density at radius 1 is 1.45 bits per heavy atom. The maximum absolute atomic E-state index is 12.2. The SMILES string of the molecule is COc1cccc(C(=O)N2CC(Oc3nccs3)C2)c1. The zero-order valence-electron chi connectivity index (χ0n) is 11.0. The van der Waals surface area contributed by atoms with Crippen molar-refractivity contribution in [1.82, 2.24) is 9.88 Å². The smallest absolute Gasteiger partial charge is 0.273 e. The van der Waals surface area contributed by atoms with E-state index in [0.29, 0.717) is 29.6 Å². The third kappa shape index (κ3) is 2.60. The average molecular weight is 290 g/mol. The molecule has 1 aliphatic heterocycles. The molecule has 1 aromatic carbocycles. The second-order valence-electron chi connectivity index (χ2n) is 4.48. The first-order valence-electron chi connectivity index (χ1n) is 6.26. The highest BCUT2D eigenvalue weighted by Gasteiger charge is 2.33. The van der Waals surface area contributed by atoms with Crippen LogP contribution in [0.1, 0.15) is 10.4 Å². The lowest BCUT2D eigenvalue weighted by Crippen LogP contribution is -2.56. The van der Waals surface area contributed by atoms with Gasteiger partial charge in [0.1, 0.15) is 11.9 Å². The summed E-state index contributed by atoms with van der Waals surface area (Å²) in [5, 5.41) is 2.52. The molecule has 0 spiro atoms. The normalized spacial score (nSPS) is 14.8. The minimum absolute atomic E-state index is 0.00267. The Kier molecular flexibility index (Phi) is 3.56. The van der Waals surface area contributed by atoms with Gasteiger partial charge in [-0.15, -0.1) is 0 Å². The van der Waals surface area contributed by atoms with Crippen molar-refractivity contribution in [2.75, 3.05) is 20.2 Å². The molecule has 20 heavy (non-hydrogen) atoms. The number of ether oxygens (including phenoxy) is 2. The summed E-state index contributed by atoms with van der Waals surface area (Å²) in [6.07, 6.45) is 1.74. The monoisotopic (exact) mass is 290 g/mol. The van der Waals surface area contributed by atoms with Crippen molar-refractivity contribution in [2.45, 2.75) is 6.10 Å². The molecule has 6 heteroatoms. The number of likely N-dealkylation sites (tertiary alicyclic amines) is 1. The van der Waals surface area contributed by atoms with Crippen molar-refractivity contribution >= 4 is 17.2 Å². The number of carbonyl (C=O) groups excluding carboxylic acids is 1. The van der Waals surface area contributed by atoms with E-state index >= 15 is 0 Å². The van der Waals surface area contributed by atoms with Crippen LogP contribution in [0.4, 0.5) is 0 Å². The molecule has 0 unspecified atom stereocenters. The molecule has 1 aliphatic rings. The number of nitrogens with zero attached hydrogens (tertiary/aromatic N) is 2. The van der Waals surface area contributed by atoms with Crippen LogP contribution in [0, 0.1) is 0 Å². The van der Waals surface area contributed by atoms with Gasteiger partial charge in [0.05, 0.1) is 20.2 Å². The third-order valence-corrected chi connectivity index (χ3v) is 3.79. The van der Waals surface area contributed by atoms with Crippen LogP contribution in [0.25, 0.3) is 0 Å². The van der Waals surface area contributed by atoms with Gasteiger partial charge in [-0.05, 0) is 18.2 Å². The van der Waals surface area contributed by atoms with Crippen LogP contribution in [0.2, 0.25) is 0 Å². The number of methoxy groups -OCH3 is 1. The Morgan fingerprint density at radius 3 is 3.00 bits per heavy atom. The quantitative estimate of drug-likeness (QED) is 0.865. The first-order chi connectivity index (χ1) is 9.76. The van der Waals surface area contributed by atoms with Gasteiger partial charge in [-0.2, -0.15) is 0 Å². The fourth-order valence-electron chi connectivity index (χ4n) is 2.03. The number of hydrogen-bond acceptors (Lipinski definition) is 5. The summed E-state index contributed by atoms with van der Waals surface area (Å²) in [7, 11) is 1.59. The van der Waals surface area contributed by atoms with E-state index in [0.717, 1.165) is 0 Å². The van der Waals surface area contributed by atoms with Crippen molar-refractivity contribution in [3.8, 4) is 10.9 Å². The van der Waals surface area contributed by atoms with Crippen molar-refractivity contribution in [1.29, 1.82) is 0 Å². The summed E-state index contributed by atoms with van der Waals surface area (Å²) in [5.74, 6) is 0.690. The van der Waals surface area contributed by atoms with Gasteiger partial charge in [0.15, 0.2) is 0 Å². The highest BCUT2D eigenvalue weighted by atomic mass is 32.1. The van der Waals surface area contributed by atoms with Crippen LogP contribution >= 0.6 is 11.3 Å². The minimum Gasteiger partial charge on any atom is -0.497 e. The average Bonchev–Trinajstić information content (AvgIpc) is 2.95. The van der Waals surface area contributed by atoms with E-state index in [1.54, 1.807) is 30.3 Å². The molecule has 0 bridgehead atoms. The Labute approximate surface area is 120 Å². The van der Waals surface area contributed by atoms with E-state index in [4.69, 9.17) is 9.47 Å². The first kappa shape index (κ1) is 12.9. The van der Waals surface area contributed by atoms with Gasteiger partial charge in [-0.25, -0.2) is 4.98 Å². The number of benzene rings is 1. The van der Waals surface area contributed by atoms with E-state index in [-0.39, 0.29) is 12.0 Å². The predicted octanol–water partition coefficient (Wildman–Crippen LogP) is 2.06. The van der Waals surface area contributed by atoms with E-state index in [9.17, 15) is 4.79 Å². The van der Waals surface area contributed by atoms with Crippen LogP contribution in [-0.2, 0) is 0 Å². The van der Waals surface area contributed by atoms with Gasteiger partial charge in [0.2, 0.25) is 0 Å². The lowest BCUT2D eigenvalue weighted by molar-refractivity contribution is 0.0177. The highest BCUT2D eigenvalue weighted by Crippen LogP contribution is 2.22. The van der Waals surface area contributed by atoms with Crippen molar-refractivity contribution in [3.63, 3.8) is 0 Å². The molecule has 104 valence electrons. The zero-order chi connectivity index (χ0) is 13.9. The molecular weight excluding hydrogens is 276 g/mol. The number of carbonyl (C=O) groups is 1. The van der Waals surface area contributed by atoms with Crippen molar-refractivity contribution in [2.24, 2.45) is 0 Å². The van der Waals surface area contributed by atoms with E-state index in [1.807, 2.05) is 17.5 Å². The Morgan fingerprint density at radius 2 is 2.30 bits per heavy atom. The second-order valence-corrected chi connectivity index (χ2v) is 5.34. The number of rotatable bonds is 4. The summed E-state index contributed by atoms with van der Waals surface area (Å²) < 4.78 is 10.8. The maximum Gasteiger partial charge on any atom is 0.273 e. The molecule has 1 fully saturated rings. The topological polar surface area (TPSA) is 51.7 Å². The summed E-state index contributed by atoms with van der Waals surface area (Å²) in [6.45, 7) is 1.19. The zero-order valence-corrected chi connectivity index (χ0v) is 11.8. The van der Waals surface area contributed by atoms with Gasteiger partial charge in [-0.3, -0.25) is 4.79 Å². The van der Waals surface area contributed by atoms with Crippen LogP contribution < -0.4 is 9.47 Å².